The summed E-state index contributed by atoms with van der Waals surface area (Å²) in [5.74, 6) is 0.527. The van der Waals surface area contributed by atoms with Gasteiger partial charge in [-0.2, -0.15) is 0 Å². The Morgan fingerprint density at radius 1 is 1.47 bits per heavy atom. The second-order valence-corrected chi connectivity index (χ2v) is 5.10. The average Bonchev–Trinajstić information content (AvgIpc) is 2.64. The molecule has 1 aromatic rings. The Kier molecular flexibility index (Phi) is 4.58. The van der Waals surface area contributed by atoms with E-state index in [1.807, 2.05) is 6.92 Å². The normalized spacial score (nSPS) is 20.4. The molecule has 1 aromatic heterocycles. The maximum Gasteiger partial charge on any atom is 0.259 e. The van der Waals surface area contributed by atoms with E-state index in [2.05, 4.69) is 5.16 Å². The molecule has 0 saturated carbocycles. The monoisotopic (exact) mass is 266 g/mol. The van der Waals surface area contributed by atoms with Crippen LogP contribution in [-0.2, 0) is 6.42 Å². The summed E-state index contributed by atoms with van der Waals surface area (Å²) in [5, 5.41) is 13.4. The average molecular weight is 266 g/mol. The summed E-state index contributed by atoms with van der Waals surface area (Å²) >= 11 is 0. The summed E-state index contributed by atoms with van der Waals surface area (Å²) in [6, 6.07) is -0.0750. The minimum Gasteiger partial charge on any atom is -0.394 e. The topological polar surface area (TPSA) is 66.6 Å². The summed E-state index contributed by atoms with van der Waals surface area (Å²) in [4.78, 5) is 14.5. The van der Waals surface area contributed by atoms with Gasteiger partial charge < -0.3 is 14.5 Å². The van der Waals surface area contributed by atoms with E-state index in [1.54, 1.807) is 11.8 Å². The number of likely N-dealkylation sites (tertiary alicyclic amines) is 1. The number of hydrogen-bond acceptors (Lipinski definition) is 4. The molecule has 1 fully saturated rings. The third kappa shape index (κ3) is 2.81. The van der Waals surface area contributed by atoms with Crippen molar-refractivity contribution in [2.24, 2.45) is 0 Å². The third-order valence-electron chi connectivity index (χ3n) is 3.83. The molecule has 19 heavy (non-hydrogen) atoms. The molecule has 1 unspecified atom stereocenters. The zero-order valence-corrected chi connectivity index (χ0v) is 11.7. The highest BCUT2D eigenvalue weighted by Crippen LogP contribution is 2.22. The molecular formula is C14H22N2O3. The summed E-state index contributed by atoms with van der Waals surface area (Å²) in [6.07, 6.45) is 4.72. The van der Waals surface area contributed by atoms with E-state index in [0.29, 0.717) is 30.0 Å². The Morgan fingerprint density at radius 3 is 2.95 bits per heavy atom. The van der Waals surface area contributed by atoms with E-state index < -0.39 is 0 Å². The molecule has 1 amide bonds. The van der Waals surface area contributed by atoms with Crippen LogP contribution in [0.25, 0.3) is 0 Å². The van der Waals surface area contributed by atoms with Gasteiger partial charge in [0.15, 0.2) is 0 Å². The predicted molar refractivity (Wildman–Crippen MR) is 71.0 cm³/mol. The van der Waals surface area contributed by atoms with Gasteiger partial charge in [0.25, 0.3) is 5.91 Å². The SMILES string of the molecule is CCc1noc(C)c1C(=O)N1CCCCCC1CO. The fourth-order valence-corrected chi connectivity index (χ4v) is 2.71. The Morgan fingerprint density at radius 2 is 2.26 bits per heavy atom. The molecule has 0 aromatic carbocycles. The van der Waals surface area contributed by atoms with Gasteiger partial charge in [-0.05, 0) is 26.2 Å². The number of aromatic nitrogens is 1. The minimum absolute atomic E-state index is 0.0253. The fourth-order valence-electron chi connectivity index (χ4n) is 2.71. The molecular weight excluding hydrogens is 244 g/mol. The lowest BCUT2D eigenvalue weighted by atomic mass is 10.1. The molecule has 5 heteroatoms. The van der Waals surface area contributed by atoms with Crippen LogP contribution in [0.15, 0.2) is 4.52 Å². The fraction of sp³-hybridized carbons (Fsp3) is 0.714. The summed E-state index contributed by atoms with van der Waals surface area (Å²) in [6.45, 7) is 4.46. The van der Waals surface area contributed by atoms with E-state index >= 15 is 0 Å². The standard InChI is InChI=1S/C14H22N2O3/c1-3-12-13(10(2)19-15-12)14(18)16-8-6-4-5-7-11(16)9-17/h11,17H,3-9H2,1-2H3. The number of hydrogen-bond donors (Lipinski definition) is 1. The molecule has 1 atom stereocenters. The summed E-state index contributed by atoms with van der Waals surface area (Å²) in [7, 11) is 0. The molecule has 5 nitrogen and oxygen atoms in total. The number of amides is 1. The van der Waals surface area contributed by atoms with Crippen molar-refractivity contribution in [3.63, 3.8) is 0 Å². The highest BCUT2D eigenvalue weighted by Gasteiger charge is 2.30. The van der Waals surface area contributed by atoms with Gasteiger partial charge in [0.2, 0.25) is 0 Å². The van der Waals surface area contributed by atoms with Crippen molar-refractivity contribution in [1.29, 1.82) is 0 Å². The van der Waals surface area contributed by atoms with Gasteiger partial charge in [0, 0.05) is 6.54 Å². The molecule has 0 radical (unpaired) electrons. The van der Waals surface area contributed by atoms with Crippen LogP contribution >= 0.6 is 0 Å². The lowest BCUT2D eigenvalue weighted by molar-refractivity contribution is 0.0597. The first-order valence-electron chi connectivity index (χ1n) is 7.06. The van der Waals surface area contributed by atoms with E-state index in [-0.39, 0.29) is 18.6 Å². The van der Waals surface area contributed by atoms with E-state index in [1.165, 1.54) is 0 Å². The quantitative estimate of drug-likeness (QED) is 0.907. The maximum absolute atomic E-state index is 12.7. The van der Waals surface area contributed by atoms with Crippen molar-refractivity contribution in [3.05, 3.63) is 17.0 Å². The van der Waals surface area contributed by atoms with Crippen LogP contribution in [0.5, 0.6) is 0 Å². The number of nitrogens with zero attached hydrogens (tertiary/aromatic N) is 2. The van der Waals surface area contributed by atoms with E-state index in [9.17, 15) is 9.90 Å². The molecule has 1 aliphatic rings. The molecule has 1 saturated heterocycles. The Hall–Kier alpha value is -1.36. The van der Waals surface area contributed by atoms with Crippen molar-refractivity contribution < 1.29 is 14.4 Å². The van der Waals surface area contributed by atoms with Crippen LogP contribution in [-0.4, -0.2) is 40.3 Å². The summed E-state index contributed by atoms with van der Waals surface area (Å²) in [5.41, 5.74) is 1.30. The van der Waals surface area contributed by atoms with Crippen LogP contribution in [0.3, 0.4) is 0 Å². The Balaban J connectivity index is 2.27. The second-order valence-electron chi connectivity index (χ2n) is 5.10. The van der Waals surface area contributed by atoms with Crippen LogP contribution in [0.4, 0.5) is 0 Å². The first-order chi connectivity index (χ1) is 9.19. The molecule has 2 heterocycles. The van der Waals surface area contributed by atoms with Gasteiger partial charge in [-0.1, -0.05) is 24.9 Å². The van der Waals surface area contributed by atoms with Crippen LogP contribution in [0.1, 0.15) is 54.4 Å². The number of rotatable bonds is 3. The van der Waals surface area contributed by atoms with E-state index in [0.717, 1.165) is 25.7 Å². The highest BCUT2D eigenvalue weighted by atomic mass is 16.5. The molecule has 0 aliphatic carbocycles. The number of aryl methyl sites for hydroxylation is 2. The largest absolute Gasteiger partial charge is 0.394 e. The van der Waals surface area contributed by atoms with Gasteiger partial charge in [-0.25, -0.2) is 0 Å². The number of aliphatic hydroxyl groups is 1. The van der Waals surface area contributed by atoms with Crippen LogP contribution in [0.2, 0.25) is 0 Å². The van der Waals surface area contributed by atoms with Gasteiger partial charge in [-0.3, -0.25) is 4.79 Å². The van der Waals surface area contributed by atoms with Crippen molar-refractivity contribution in [1.82, 2.24) is 10.1 Å². The third-order valence-corrected chi connectivity index (χ3v) is 3.83. The van der Waals surface area contributed by atoms with Crippen molar-refractivity contribution in [2.75, 3.05) is 13.2 Å². The molecule has 0 bridgehead atoms. The summed E-state index contributed by atoms with van der Waals surface area (Å²) < 4.78 is 5.14. The van der Waals surface area contributed by atoms with Crippen molar-refractivity contribution >= 4 is 5.91 Å². The van der Waals surface area contributed by atoms with Crippen molar-refractivity contribution in [3.8, 4) is 0 Å². The predicted octanol–water partition coefficient (Wildman–Crippen LogP) is 1.92. The lowest BCUT2D eigenvalue weighted by Gasteiger charge is -2.28. The minimum atomic E-state index is -0.0750. The molecule has 0 spiro atoms. The zero-order valence-electron chi connectivity index (χ0n) is 11.7. The van der Waals surface area contributed by atoms with Gasteiger partial charge in [0.05, 0.1) is 18.3 Å². The first-order valence-corrected chi connectivity index (χ1v) is 7.06. The molecule has 106 valence electrons. The Labute approximate surface area is 113 Å². The van der Waals surface area contributed by atoms with Gasteiger partial charge in [-0.15, -0.1) is 0 Å². The van der Waals surface area contributed by atoms with Gasteiger partial charge in [0.1, 0.15) is 11.3 Å². The van der Waals surface area contributed by atoms with Crippen molar-refractivity contribution in [2.45, 2.75) is 52.0 Å². The Bertz CT molecular complexity index is 442. The number of aliphatic hydroxyl groups excluding tert-OH is 1. The van der Waals surface area contributed by atoms with Crippen LogP contribution in [0, 0.1) is 6.92 Å². The number of carbonyl (C=O) groups is 1. The zero-order chi connectivity index (χ0) is 13.8. The lowest BCUT2D eigenvalue weighted by Crippen LogP contribution is -2.42. The molecule has 1 aliphatic heterocycles. The highest BCUT2D eigenvalue weighted by molar-refractivity contribution is 5.96. The second kappa shape index (κ2) is 6.19. The van der Waals surface area contributed by atoms with Crippen LogP contribution < -0.4 is 0 Å². The molecule has 1 N–H and O–H groups in total. The molecule has 2 rings (SSSR count). The smallest absolute Gasteiger partial charge is 0.259 e. The maximum atomic E-state index is 12.7. The first kappa shape index (κ1) is 14.1. The van der Waals surface area contributed by atoms with Gasteiger partial charge >= 0.3 is 0 Å². The number of carbonyl (C=O) groups excluding carboxylic acids is 1. The van der Waals surface area contributed by atoms with E-state index in [4.69, 9.17) is 4.52 Å².